The second-order valence-corrected chi connectivity index (χ2v) is 5.06. The van der Waals surface area contributed by atoms with Gasteiger partial charge < -0.3 is 5.11 Å². The van der Waals surface area contributed by atoms with Gasteiger partial charge >= 0.3 is 0 Å². The summed E-state index contributed by atoms with van der Waals surface area (Å²) in [6.45, 7) is 12.2. The molecular weight excluding hydrogens is 184 g/mol. The van der Waals surface area contributed by atoms with E-state index in [-0.39, 0.29) is 5.41 Å². The van der Waals surface area contributed by atoms with E-state index in [1.54, 1.807) is 6.08 Å². The van der Waals surface area contributed by atoms with Crippen LogP contribution in [-0.2, 0) is 5.41 Å². The van der Waals surface area contributed by atoms with Gasteiger partial charge in [-0.1, -0.05) is 50.6 Å². The summed E-state index contributed by atoms with van der Waals surface area (Å²) in [4.78, 5) is 0. The Labute approximate surface area is 92.5 Å². The molecule has 1 heteroatoms. The number of hydrogen-bond donors (Lipinski definition) is 1. The molecule has 0 radical (unpaired) electrons. The molecule has 0 spiro atoms. The molecule has 0 bridgehead atoms. The third-order valence-corrected chi connectivity index (χ3v) is 2.53. The first-order valence-corrected chi connectivity index (χ1v) is 5.27. The zero-order valence-corrected chi connectivity index (χ0v) is 10.0. The molecule has 1 aromatic carbocycles. The molecule has 1 rings (SSSR count). The Morgan fingerprint density at radius 3 is 2.33 bits per heavy atom. The minimum Gasteiger partial charge on any atom is -0.384 e. The molecule has 1 unspecified atom stereocenters. The maximum absolute atomic E-state index is 9.73. The topological polar surface area (TPSA) is 20.2 Å². The van der Waals surface area contributed by atoms with E-state index in [1.165, 1.54) is 11.1 Å². The highest BCUT2D eigenvalue weighted by molar-refractivity contribution is 5.35. The quantitative estimate of drug-likeness (QED) is 0.731. The Bertz CT molecular complexity index is 358. The minimum atomic E-state index is -0.564. The molecule has 0 aromatic heterocycles. The van der Waals surface area contributed by atoms with Crippen molar-refractivity contribution in [3.8, 4) is 0 Å². The predicted molar refractivity (Wildman–Crippen MR) is 65.0 cm³/mol. The lowest BCUT2D eigenvalue weighted by Crippen LogP contribution is -2.12. The number of aliphatic hydroxyl groups is 1. The molecule has 0 aliphatic rings. The minimum absolute atomic E-state index is 0.113. The molecule has 1 atom stereocenters. The van der Waals surface area contributed by atoms with E-state index in [0.29, 0.717) is 0 Å². The number of aryl methyl sites for hydroxylation is 1. The first-order chi connectivity index (χ1) is 6.84. The maximum atomic E-state index is 9.73. The van der Waals surface area contributed by atoms with Crippen LogP contribution in [0.4, 0.5) is 0 Å². The van der Waals surface area contributed by atoms with Crippen LogP contribution in [0, 0.1) is 6.92 Å². The summed E-state index contributed by atoms with van der Waals surface area (Å²) in [5.74, 6) is 0. The van der Waals surface area contributed by atoms with Crippen LogP contribution in [0.25, 0.3) is 0 Å². The lowest BCUT2D eigenvalue weighted by Gasteiger charge is -2.21. The molecule has 1 N–H and O–H groups in total. The van der Waals surface area contributed by atoms with E-state index in [0.717, 1.165) is 5.56 Å². The maximum Gasteiger partial charge on any atom is 0.0969 e. The van der Waals surface area contributed by atoms with E-state index < -0.39 is 6.10 Å². The molecule has 0 aliphatic heterocycles. The Morgan fingerprint density at radius 1 is 1.27 bits per heavy atom. The third kappa shape index (κ3) is 2.93. The molecule has 0 saturated carbocycles. The van der Waals surface area contributed by atoms with Crippen molar-refractivity contribution in [2.24, 2.45) is 0 Å². The van der Waals surface area contributed by atoms with Crippen molar-refractivity contribution in [3.63, 3.8) is 0 Å². The molecular formula is C14H20O. The zero-order valence-electron chi connectivity index (χ0n) is 10.0. The highest BCUT2D eigenvalue weighted by Gasteiger charge is 2.15. The molecule has 0 fully saturated rings. The average molecular weight is 204 g/mol. The number of hydrogen-bond acceptors (Lipinski definition) is 1. The summed E-state index contributed by atoms with van der Waals surface area (Å²) in [5.41, 5.74) is 3.47. The van der Waals surface area contributed by atoms with E-state index in [4.69, 9.17) is 0 Å². The summed E-state index contributed by atoms with van der Waals surface area (Å²) in [6, 6.07) is 6.22. The Kier molecular flexibility index (Phi) is 3.35. The van der Waals surface area contributed by atoms with Gasteiger partial charge in [-0.3, -0.25) is 0 Å². The molecule has 0 aliphatic carbocycles. The fourth-order valence-electron chi connectivity index (χ4n) is 1.55. The Hall–Kier alpha value is -1.08. The molecule has 15 heavy (non-hydrogen) atoms. The van der Waals surface area contributed by atoms with Crippen molar-refractivity contribution < 1.29 is 5.11 Å². The van der Waals surface area contributed by atoms with Crippen molar-refractivity contribution in [1.82, 2.24) is 0 Å². The summed E-state index contributed by atoms with van der Waals surface area (Å²) in [7, 11) is 0. The van der Waals surface area contributed by atoms with Crippen LogP contribution < -0.4 is 0 Å². The van der Waals surface area contributed by atoms with Gasteiger partial charge in [-0.05, 0) is 23.5 Å². The zero-order chi connectivity index (χ0) is 11.6. The van der Waals surface area contributed by atoms with Gasteiger partial charge in [-0.15, -0.1) is 6.58 Å². The molecule has 0 heterocycles. The van der Waals surface area contributed by atoms with Crippen molar-refractivity contribution in [1.29, 1.82) is 0 Å². The van der Waals surface area contributed by atoms with Crippen LogP contribution in [-0.4, -0.2) is 5.11 Å². The molecule has 1 nitrogen and oxygen atoms in total. The molecule has 1 aromatic rings. The van der Waals surface area contributed by atoms with Gasteiger partial charge in [0.2, 0.25) is 0 Å². The number of aliphatic hydroxyl groups excluding tert-OH is 1. The van der Waals surface area contributed by atoms with Crippen molar-refractivity contribution >= 4 is 0 Å². The van der Waals surface area contributed by atoms with Gasteiger partial charge in [0, 0.05) is 0 Å². The van der Waals surface area contributed by atoms with Gasteiger partial charge in [0.1, 0.15) is 0 Å². The van der Waals surface area contributed by atoms with Gasteiger partial charge in [-0.2, -0.15) is 0 Å². The lowest BCUT2D eigenvalue weighted by atomic mass is 9.84. The van der Waals surface area contributed by atoms with E-state index in [9.17, 15) is 5.11 Å². The van der Waals surface area contributed by atoms with Crippen LogP contribution in [0.5, 0.6) is 0 Å². The summed E-state index contributed by atoms with van der Waals surface area (Å²) in [6.07, 6.45) is 0.993. The molecule has 82 valence electrons. The first-order valence-electron chi connectivity index (χ1n) is 5.27. The average Bonchev–Trinajstić information content (AvgIpc) is 2.14. The second-order valence-electron chi connectivity index (χ2n) is 5.06. The second kappa shape index (κ2) is 4.19. The number of benzene rings is 1. The fourth-order valence-corrected chi connectivity index (χ4v) is 1.55. The van der Waals surface area contributed by atoms with Crippen molar-refractivity contribution in [2.75, 3.05) is 0 Å². The van der Waals surface area contributed by atoms with Crippen molar-refractivity contribution in [2.45, 2.75) is 39.2 Å². The normalized spacial score (nSPS) is 13.7. The fraction of sp³-hybridized carbons (Fsp3) is 0.429. The predicted octanol–water partition coefficient (Wildman–Crippen LogP) is 3.51. The van der Waals surface area contributed by atoms with E-state index in [1.807, 2.05) is 6.07 Å². The van der Waals surface area contributed by atoms with Gasteiger partial charge in [0.25, 0.3) is 0 Å². The van der Waals surface area contributed by atoms with Crippen LogP contribution in [0.3, 0.4) is 0 Å². The first kappa shape index (κ1) is 12.0. The largest absolute Gasteiger partial charge is 0.384 e. The van der Waals surface area contributed by atoms with Crippen LogP contribution in [0.2, 0.25) is 0 Å². The Balaban J connectivity index is 3.22. The van der Waals surface area contributed by atoms with Crippen LogP contribution in [0.15, 0.2) is 30.9 Å². The monoisotopic (exact) mass is 204 g/mol. The van der Waals surface area contributed by atoms with Crippen LogP contribution in [0.1, 0.15) is 43.6 Å². The highest BCUT2D eigenvalue weighted by atomic mass is 16.3. The lowest BCUT2D eigenvalue weighted by molar-refractivity contribution is 0.229. The van der Waals surface area contributed by atoms with E-state index in [2.05, 4.69) is 46.4 Å². The summed E-state index contributed by atoms with van der Waals surface area (Å²) >= 11 is 0. The number of rotatable bonds is 2. The van der Waals surface area contributed by atoms with E-state index >= 15 is 0 Å². The Morgan fingerprint density at radius 2 is 1.87 bits per heavy atom. The van der Waals surface area contributed by atoms with Gasteiger partial charge in [-0.25, -0.2) is 0 Å². The standard InChI is InChI=1S/C14H20O/c1-6-13(15)11-7-10(2)8-12(9-11)14(3,4)5/h6-9,13,15H,1H2,2-5H3. The smallest absolute Gasteiger partial charge is 0.0969 e. The summed E-state index contributed by atoms with van der Waals surface area (Å²) in [5, 5.41) is 9.73. The molecule has 0 saturated heterocycles. The molecule has 0 amide bonds. The highest BCUT2D eigenvalue weighted by Crippen LogP contribution is 2.26. The van der Waals surface area contributed by atoms with Crippen LogP contribution >= 0.6 is 0 Å². The third-order valence-electron chi connectivity index (χ3n) is 2.53. The van der Waals surface area contributed by atoms with Gasteiger partial charge in [0.05, 0.1) is 6.10 Å². The van der Waals surface area contributed by atoms with Gasteiger partial charge in [0.15, 0.2) is 0 Å². The summed E-state index contributed by atoms with van der Waals surface area (Å²) < 4.78 is 0. The van der Waals surface area contributed by atoms with Crippen molar-refractivity contribution in [3.05, 3.63) is 47.5 Å². The SMILES string of the molecule is C=CC(O)c1cc(C)cc(C(C)(C)C)c1.